The van der Waals surface area contributed by atoms with Crippen LogP contribution in [0.15, 0.2) is 12.3 Å². The zero-order valence-corrected chi connectivity index (χ0v) is 11.5. The summed E-state index contributed by atoms with van der Waals surface area (Å²) >= 11 is 6.29. The van der Waals surface area contributed by atoms with Gasteiger partial charge in [0, 0.05) is 31.5 Å². The Morgan fingerprint density at radius 1 is 1.63 bits per heavy atom. The highest BCUT2D eigenvalue weighted by Crippen LogP contribution is 2.30. The molecule has 4 N–H and O–H groups in total. The molecule has 1 aliphatic heterocycles. The Morgan fingerprint density at radius 2 is 2.42 bits per heavy atom. The fourth-order valence-corrected chi connectivity index (χ4v) is 2.87. The number of piperidine rings is 1. The number of hydrogen-bond donors (Lipinski definition) is 3. The largest absolute Gasteiger partial charge is 0.396 e. The van der Waals surface area contributed by atoms with E-state index in [1.54, 1.807) is 12.3 Å². The summed E-state index contributed by atoms with van der Waals surface area (Å²) in [5, 5.41) is 17.0. The Balaban J connectivity index is 2.21. The molecule has 1 aliphatic rings. The quantitative estimate of drug-likeness (QED) is 0.578. The summed E-state index contributed by atoms with van der Waals surface area (Å²) in [6.07, 6.45) is 4.63. The average Bonchev–Trinajstić information content (AvgIpc) is 2.39. The normalized spacial score (nSPS) is 19.5. The summed E-state index contributed by atoms with van der Waals surface area (Å²) in [5.74, 6) is 1.12. The van der Waals surface area contributed by atoms with Gasteiger partial charge in [0.25, 0.3) is 0 Å². The van der Waals surface area contributed by atoms with Crippen LogP contribution in [0.3, 0.4) is 0 Å². The molecule has 1 fully saturated rings. The number of nitrogens with two attached hydrogens (primary N) is 1. The molecule has 5 nitrogen and oxygen atoms in total. The summed E-state index contributed by atoms with van der Waals surface area (Å²) < 4.78 is 0. The van der Waals surface area contributed by atoms with Crippen molar-refractivity contribution in [3.05, 3.63) is 22.8 Å². The first kappa shape index (κ1) is 14.1. The van der Waals surface area contributed by atoms with Gasteiger partial charge in [0.15, 0.2) is 0 Å². The molecule has 0 amide bonds. The average molecular weight is 283 g/mol. The van der Waals surface area contributed by atoms with Crippen LogP contribution < -0.4 is 10.6 Å². The molecule has 104 valence electrons. The number of hydrogen-bond acceptors (Lipinski definition) is 4. The van der Waals surface area contributed by atoms with Gasteiger partial charge in [-0.2, -0.15) is 0 Å². The van der Waals surface area contributed by atoms with Gasteiger partial charge in [0.05, 0.1) is 5.02 Å². The molecule has 0 bridgehead atoms. The topological polar surface area (TPSA) is 86.2 Å². The first-order chi connectivity index (χ1) is 9.13. The maximum absolute atomic E-state index is 9.04. The van der Waals surface area contributed by atoms with Crippen LogP contribution in [0.4, 0.5) is 5.82 Å². The standard InChI is InChI=1S/C13H19ClN4O/c14-11-10(12(15)16)3-5-17-13(11)18-6-1-2-9(8-18)4-7-19/h3,5,9,19H,1-2,4,6-8H2,(H3,15,16). The van der Waals surface area contributed by atoms with Crippen molar-refractivity contribution in [2.24, 2.45) is 11.7 Å². The number of nitrogen functional groups attached to an aromatic ring is 1. The molecule has 0 saturated carbocycles. The highest BCUT2D eigenvalue weighted by molar-refractivity contribution is 6.36. The predicted molar refractivity (Wildman–Crippen MR) is 76.9 cm³/mol. The summed E-state index contributed by atoms with van der Waals surface area (Å²) in [6.45, 7) is 1.96. The van der Waals surface area contributed by atoms with Crippen molar-refractivity contribution in [2.45, 2.75) is 19.3 Å². The van der Waals surface area contributed by atoms with Crippen molar-refractivity contribution < 1.29 is 5.11 Å². The van der Waals surface area contributed by atoms with E-state index in [9.17, 15) is 0 Å². The molecule has 6 heteroatoms. The van der Waals surface area contributed by atoms with E-state index >= 15 is 0 Å². The van der Waals surface area contributed by atoms with Gasteiger partial charge in [0.2, 0.25) is 0 Å². The van der Waals surface area contributed by atoms with Crippen molar-refractivity contribution in [3.63, 3.8) is 0 Å². The molecule has 1 aromatic heterocycles. The number of rotatable bonds is 4. The zero-order valence-electron chi connectivity index (χ0n) is 10.8. The van der Waals surface area contributed by atoms with Crippen LogP contribution in [0.2, 0.25) is 5.02 Å². The summed E-state index contributed by atoms with van der Waals surface area (Å²) in [5.41, 5.74) is 6.03. The fourth-order valence-electron chi connectivity index (χ4n) is 2.54. The molecule has 1 unspecified atom stereocenters. The lowest BCUT2D eigenvalue weighted by Crippen LogP contribution is -2.36. The molecule has 0 spiro atoms. The van der Waals surface area contributed by atoms with Crippen molar-refractivity contribution in [1.82, 2.24) is 4.98 Å². The van der Waals surface area contributed by atoms with E-state index < -0.39 is 0 Å². The van der Waals surface area contributed by atoms with E-state index in [-0.39, 0.29) is 12.4 Å². The third-order valence-corrected chi connectivity index (χ3v) is 3.89. The number of aromatic nitrogens is 1. The van der Waals surface area contributed by atoms with Crippen LogP contribution in [0.1, 0.15) is 24.8 Å². The van der Waals surface area contributed by atoms with Gasteiger partial charge in [-0.15, -0.1) is 0 Å². The van der Waals surface area contributed by atoms with Crippen LogP contribution in [-0.2, 0) is 0 Å². The molecule has 1 saturated heterocycles. The van der Waals surface area contributed by atoms with E-state index in [1.807, 2.05) is 0 Å². The SMILES string of the molecule is N=C(N)c1ccnc(N2CCCC(CCO)C2)c1Cl. The number of halogens is 1. The Hall–Kier alpha value is -1.33. The van der Waals surface area contributed by atoms with Crippen LogP contribution in [0.25, 0.3) is 0 Å². The Labute approximate surface area is 117 Å². The fraction of sp³-hybridized carbons (Fsp3) is 0.538. The van der Waals surface area contributed by atoms with Crippen molar-refractivity contribution >= 4 is 23.3 Å². The number of aliphatic hydroxyl groups is 1. The molecule has 2 heterocycles. The van der Waals surface area contributed by atoms with Gasteiger partial charge >= 0.3 is 0 Å². The van der Waals surface area contributed by atoms with E-state index in [0.29, 0.717) is 22.3 Å². The highest BCUT2D eigenvalue weighted by Gasteiger charge is 2.23. The minimum absolute atomic E-state index is 0.0439. The van der Waals surface area contributed by atoms with Gasteiger partial charge < -0.3 is 15.7 Å². The number of nitrogens with zero attached hydrogens (tertiary/aromatic N) is 2. The lowest BCUT2D eigenvalue weighted by atomic mass is 9.95. The van der Waals surface area contributed by atoms with Gasteiger partial charge in [-0.3, -0.25) is 5.41 Å². The predicted octanol–water partition coefficient (Wildman–Crippen LogP) is 1.62. The second kappa shape index (κ2) is 6.21. The van der Waals surface area contributed by atoms with Crippen LogP contribution in [-0.4, -0.2) is 35.6 Å². The molecule has 1 atom stereocenters. The van der Waals surface area contributed by atoms with E-state index in [2.05, 4.69) is 9.88 Å². The van der Waals surface area contributed by atoms with Gasteiger partial charge in [-0.1, -0.05) is 11.6 Å². The smallest absolute Gasteiger partial charge is 0.148 e. The van der Waals surface area contributed by atoms with Gasteiger partial charge in [-0.25, -0.2) is 4.98 Å². The second-order valence-electron chi connectivity index (χ2n) is 4.88. The molecular weight excluding hydrogens is 264 g/mol. The number of nitrogens with one attached hydrogen (secondary N) is 1. The number of amidine groups is 1. The van der Waals surface area contributed by atoms with Crippen LogP contribution >= 0.6 is 11.6 Å². The third-order valence-electron chi connectivity index (χ3n) is 3.52. The highest BCUT2D eigenvalue weighted by atomic mass is 35.5. The minimum atomic E-state index is -0.0439. The maximum Gasteiger partial charge on any atom is 0.148 e. The third kappa shape index (κ3) is 3.16. The number of anilines is 1. The second-order valence-corrected chi connectivity index (χ2v) is 5.25. The molecule has 0 aromatic carbocycles. The molecule has 0 aliphatic carbocycles. The zero-order chi connectivity index (χ0) is 13.8. The van der Waals surface area contributed by atoms with Crippen molar-refractivity contribution in [1.29, 1.82) is 5.41 Å². The first-order valence-electron chi connectivity index (χ1n) is 6.48. The lowest BCUT2D eigenvalue weighted by Gasteiger charge is -2.34. The molecule has 0 radical (unpaired) electrons. The minimum Gasteiger partial charge on any atom is -0.396 e. The van der Waals surface area contributed by atoms with Crippen LogP contribution in [0, 0.1) is 11.3 Å². The first-order valence-corrected chi connectivity index (χ1v) is 6.86. The van der Waals surface area contributed by atoms with Crippen LogP contribution in [0.5, 0.6) is 0 Å². The lowest BCUT2D eigenvalue weighted by molar-refractivity contribution is 0.244. The Bertz CT molecular complexity index is 464. The monoisotopic (exact) mass is 282 g/mol. The molecule has 19 heavy (non-hydrogen) atoms. The summed E-state index contributed by atoms with van der Waals surface area (Å²) in [7, 11) is 0. The summed E-state index contributed by atoms with van der Waals surface area (Å²) in [6, 6.07) is 1.66. The molecule has 2 rings (SSSR count). The van der Waals surface area contributed by atoms with E-state index in [1.165, 1.54) is 0 Å². The maximum atomic E-state index is 9.04. The van der Waals surface area contributed by atoms with Crippen molar-refractivity contribution in [3.8, 4) is 0 Å². The van der Waals surface area contributed by atoms with Gasteiger partial charge in [-0.05, 0) is 31.2 Å². The summed E-state index contributed by atoms with van der Waals surface area (Å²) in [4.78, 5) is 6.44. The van der Waals surface area contributed by atoms with Crippen molar-refractivity contribution in [2.75, 3.05) is 24.6 Å². The van der Waals surface area contributed by atoms with E-state index in [4.69, 9.17) is 27.9 Å². The number of aliphatic hydroxyl groups excluding tert-OH is 1. The van der Waals surface area contributed by atoms with Gasteiger partial charge in [0.1, 0.15) is 11.7 Å². The van der Waals surface area contributed by atoms with E-state index in [0.717, 1.165) is 32.4 Å². The molecule has 1 aromatic rings. The number of pyridine rings is 1. The molecular formula is C13H19ClN4O. The Morgan fingerprint density at radius 3 is 3.11 bits per heavy atom. The Kier molecular flexibility index (Phi) is 4.61.